The first-order chi connectivity index (χ1) is 11.3. The lowest BCUT2D eigenvalue weighted by Crippen LogP contribution is -2.37. The Bertz CT molecular complexity index is 823. The normalized spacial score (nSPS) is 11.3. The van der Waals surface area contributed by atoms with E-state index in [4.69, 9.17) is 0 Å². The van der Waals surface area contributed by atoms with Crippen LogP contribution >= 0.6 is 0 Å². The van der Waals surface area contributed by atoms with Crippen molar-refractivity contribution in [1.29, 1.82) is 0 Å². The summed E-state index contributed by atoms with van der Waals surface area (Å²) in [4.78, 5) is 13.2. The highest BCUT2D eigenvalue weighted by atomic mass is 32.2. The SMILES string of the molecule is CC(=O)N(CCNS(=O)(=O)c1ccc(F)c(C)c1)c1ccccc1. The van der Waals surface area contributed by atoms with Crippen molar-refractivity contribution in [2.45, 2.75) is 18.7 Å². The molecule has 0 radical (unpaired) electrons. The van der Waals surface area contributed by atoms with Gasteiger partial charge in [0, 0.05) is 25.7 Å². The van der Waals surface area contributed by atoms with Gasteiger partial charge in [0.1, 0.15) is 5.82 Å². The predicted molar refractivity (Wildman–Crippen MR) is 90.8 cm³/mol. The zero-order chi connectivity index (χ0) is 17.7. The zero-order valence-corrected chi connectivity index (χ0v) is 14.3. The predicted octanol–water partition coefficient (Wildman–Crippen LogP) is 2.47. The fraction of sp³-hybridized carbons (Fsp3) is 0.235. The van der Waals surface area contributed by atoms with Crippen LogP contribution in [0.2, 0.25) is 0 Å². The van der Waals surface area contributed by atoms with E-state index in [-0.39, 0.29) is 29.5 Å². The molecule has 1 N–H and O–H groups in total. The van der Waals surface area contributed by atoms with Gasteiger partial charge in [-0.05, 0) is 42.8 Å². The first-order valence-corrected chi connectivity index (χ1v) is 8.88. The molecule has 0 aromatic heterocycles. The lowest BCUT2D eigenvalue weighted by atomic mass is 10.2. The quantitative estimate of drug-likeness (QED) is 0.870. The van der Waals surface area contributed by atoms with Crippen molar-refractivity contribution >= 4 is 21.6 Å². The lowest BCUT2D eigenvalue weighted by molar-refractivity contribution is -0.116. The van der Waals surface area contributed by atoms with Gasteiger partial charge < -0.3 is 4.90 Å². The van der Waals surface area contributed by atoms with Crippen LogP contribution < -0.4 is 9.62 Å². The molecule has 7 heteroatoms. The molecular formula is C17H19FN2O3S. The third kappa shape index (κ3) is 4.39. The van der Waals surface area contributed by atoms with E-state index >= 15 is 0 Å². The number of sulfonamides is 1. The monoisotopic (exact) mass is 350 g/mol. The molecule has 0 fully saturated rings. The fourth-order valence-electron chi connectivity index (χ4n) is 2.24. The van der Waals surface area contributed by atoms with E-state index in [0.717, 1.165) is 6.07 Å². The van der Waals surface area contributed by atoms with Crippen LogP contribution in [0.5, 0.6) is 0 Å². The third-order valence-electron chi connectivity index (χ3n) is 3.52. The number of nitrogens with one attached hydrogen (secondary N) is 1. The molecule has 0 saturated carbocycles. The average Bonchev–Trinajstić information content (AvgIpc) is 2.54. The average molecular weight is 350 g/mol. The molecule has 0 unspecified atom stereocenters. The highest BCUT2D eigenvalue weighted by Gasteiger charge is 2.17. The zero-order valence-electron chi connectivity index (χ0n) is 13.5. The van der Waals surface area contributed by atoms with Gasteiger partial charge in [-0.1, -0.05) is 18.2 Å². The van der Waals surface area contributed by atoms with E-state index in [1.807, 2.05) is 6.07 Å². The molecule has 0 aliphatic heterocycles. The van der Waals surface area contributed by atoms with Crippen LogP contribution in [-0.4, -0.2) is 27.4 Å². The summed E-state index contributed by atoms with van der Waals surface area (Å²) in [5, 5.41) is 0. The Balaban J connectivity index is 2.06. The molecule has 2 aromatic rings. The van der Waals surface area contributed by atoms with E-state index in [9.17, 15) is 17.6 Å². The molecule has 0 aliphatic rings. The Morgan fingerprint density at radius 2 is 1.83 bits per heavy atom. The Labute approximate surface area is 141 Å². The number of carbonyl (C=O) groups is 1. The number of hydrogen-bond acceptors (Lipinski definition) is 3. The second-order valence-corrected chi connectivity index (χ2v) is 7.08. The summed E-state index contributed by atoms with van der Waals surface area (Å²) in [5.41, 5.74) is 0.953. The molecule has 2 rings (SSSR count). The fourth-order valence-corrected chi connectivity index (χ4v) is 3.34. The summed E-state index contributed by atoms with van der Waals surface area (Å²) in [7, 11) is -3.76. The molecule has 0 spiro atoms. The smallest absolute Gasteiger partial charge is 0.240 e. The number of para-hydroxylation sites is 1. The Morgan fingerprint density at radius 3 is 2.42 bits per heavy atom. The molecule has 1 amide bonds. The summed E-state index contributed by atoms with van der Waals surface area (Å²) < 4.78 is 40.2. The van der Waals surface area contributed by atoms with Crippen LogP contribution in [0.25, 0.3) is 0 Å². The van der Waals surface area contributed by atoms with Crippen LogP contribution in [0.15, 0.2) is 53.4 Å². The van der Waals surface area contributed by atoms with Gasteiger partial charge in [-0.3, -0.25) is 4.79 Å². The molecule has 0 aliphatic carbocycles. The standard InChI is InChI=1S/C17H19FN2O3S/c1-13-12-16(8-9-17(13)18)24(22,23)19-10-11-20(14(2)21)15-6-4-3-5-7-15/h3-9,12,19H,10-11H2,1-2H3. The second-order valence-electron chi connectivity index (χ2n) is 5.31. The van der Waals surface area contributed by atoms with Gasteiger partial charge in [0.25, 0.3) is 0 Å². The van der Waals surface area contributed by atoms with Crippen LogP contribution in [0.4, 0.5) is 10.1 Å². The number of amides is 1. The van der Waals surface area contributed by atoms with Crippen LogP contribution in [0.1, 0.15) is 12.5 Å². The maximum Gasteiger partial charge on any atom is 0.240 e. The van der Waals surface area contributed by atoms with Crippen molar-refractivity contribution in [1.82, 2.24) is 4.72 Å². The molecule has 0 heterocycles. The molecule has 128 valence electrons. The maximum atomic E-state index is 13.3. The van der Waals surface area contributed by atoms with Gasteiger partial charge in [0.05, 0.1) is 4.90 Å². The first-order valence-electron chi connectivity index (χ1n) is 7.40. The van der Waals surface area contributed by atoms with E-state index in [1.54, 1.807) is 24.3 Å². The molecule has 0 saturated heterocycles. The number of hydrogen-bond donors (Lipinski definition) is 1. The van der Waals surface area contributed by atoms with Crippen LogP contribution in [0.3, 0.4) is 0 Å². The Hall–Kier alpha value is -2.25. The van der Waals surface area contributed by atoms with Crippen LogP contribution in [-0.2, 0) is 14.8 Å². The van der Waals surface area contributed by atoms with E-state index in [0.29, 0.717) is 5.69 Å². The highest BCUT2D eigenvalue weighted by molar-refractivity contribution is 7.89. The summed E-state index contributed by atoms with van der Waals surface area (Å²) in [6.07, 6.45) is 0. The molecule has 0 bridgehead atoms. The van der Waals surface area contributed by atoms with Crippen molar-refractivity contribution in [2.24, 2.45) is 0 Å². The lowest BCUT2D eigenvalue weighted by Gasteiger charge is -2.21. The van der Waals surface area contributed by atoms with Gasteiger partial charge in [-0.2, -0.15) is 0 Å². The maximum absolute atomic E-state index is 13.3. The number of anilines is 1. The van der Waals surface area contributed by atoms with Gasteiger partial charge in [0.2, 0.25) is 15.9 Å². The van der Waals surface area contributed by atoms with Gasteiger partial charge in [-0.15, -0.1) is 0 Å². The van der Waals surface area contributed by atoms with Crippen molar-refractivity contribution in [2.75, 3.05) is 18.0 Å². The Kier molecular flexibility index (Phi) is 5.69. The van der Waals surface area contributed by atoms with Crippen molar-refractivity contribution in [3.63, 3.8) is 0 Å². The minimum absolute atomic E-state index is 0.00418. The summed E-state index contributed by atoms with van der Waals surface area (Å²) >= 11 is 0. The van der Waals surface area contributed by atoms with Gasteiger partial charge in [0.15, 0.2) is 0 Å². The molecule has 5 nitrogen and oxygen atoms in total. The number of carbonyl (C=O) groups excluding carboxylic acids is 1. The van der Waals surface area contributed by atoms with E-state index < -0.39 is 15.8 Å². The van der Waals surface area contributed by atoms with Gasteiger partial charge in [-0.25, -0.2) is 17.5 Å². The number of nitrogens with zero attached hydrogens (tertiary/aromatic N) is 1. The van der Waals surface area contributed by atoms with E-state index in [2.05, 4.69) is 4.72 Å². The van der Waals surface area contributed by atoms with E-state index in [1.165, 1.54) is 30.9 Å². The summed E-state index contributed by atoms with van der Waals surface area (Å²) in [6.45, 7) is 3.16. The second kappa shape index (κ2) is 7.55. The number of aryl methyl sites for hydroxylation is 1. The number of rotatable bonds is 6. The minimum atomic E-state index is -3.76. The molecule has 24 heavy (non-hydrogen) atoms. The van der Waals surface area contributed by atoms with Crippen molar-refractivity contribution < 1.29 is 17.6 Å². The van der Waals surface area contributed by atoms with Crippen molar-refractivity contribution in [3.05, 3.63) is 59.9 Å². The van der Waals surface area contributed by atoms with Crippen LogP contribution in [0, 0.1) is 12.7 Å². The topological polar surface area (TPSA) is 66.5 Å². The molecule has 0 atom stereocenters. The summed E-state index contributed by atoms with van der Waals surface area (Å²) in [6, 6.07) is 12.6. The minimum Gasteiger partial charge on any atom is -0.311 e. The third-order valence-corrected chi connectivity index (χ3v) is 4.97. The summed E-state index contributed by atoms with van der Waals surface area (Å²) in [5.74, 6) is -0.640. The molecule has 2 aromatic carbocycles. The number of halogens is 1. The highest BCUT2D eigenvalue weighted by Crippen LogP contribution is 2.15. The largest absolute Gasteiger partial charge is 0.311 e. The van der Waals surface area contributed by atoms with Gasteiger partial charge >= 0.3 is 0 Å². The number of benzene rings is 2. The molecular weight excluding hydrogens is 331 g/mol. The first kappa shape index (κ1) is 18.1. The Morgan fingerprint density at radius 1 is 1.17 bits per heavy atom. The van der Waals surface area contributed by atoms with Crippen molar-refractivity contribution in [3.8, 4) is 0 Å².